The quantitative estimate of drug-likeness (QED) is 0.561. The molecule has 0 aliphatic heterocycles. The molecule has 7 heteroatoms. The summed E-state index contributed by atoms with van der Waals surface area (Å²) < 4.78 is 49.9. The van der Waals surface area contributed by atoms with Crippen LogP contribution in [-0.4, -0.2) is 12.3 Å². The third-order valence-electron chi connectivity index (χ3n) is 1.47. The maximum absolute atomic E-state index is 12.7. The summed E-state index contributed by atoms with van der Waals surface area (Å²) >= 11 is 9.21. The number of rotatable bonds is 3. The van der Waals surface area contributed by atoms with Crippen molar-refractivity contribution in [2.24, 2.45) is 0 Å². The minimum atomic E-state index is -4.20. The summed E-state index contributed by atoms with van der Waals surface area (Å²) in [5, 5.41) is -1.99. The van der Waals surface area contributed by atoms with E-state index >= 15 is 0 Å². The monoisotopic (exact) mass is 310 g/mol. The van der Waals surface area contributed by atoms with E-state index in [1.54, 1.807) is 0 Å². The third-order valence-corrected chi connectivity index (χ3v) is 3.82. The molecule has 1 aromatic heterocycles. The molecule has 1 unspecified atom stereocenters. The molecule has 1 aromatic rings. The smallest absolute Gasteiger partial charge is 0.204 e. The fraction of sp³-hybridized carbons (Fsp3) is 0.429. The summed E-state index contributed by atoms with van der Waals surface area (Å²) in [6.07, 6.45) is -3.76. The standard InChI is InChI=1S/C7H4BrClF4S/c8-4-2-1-3(14-4)5(9)7(12,13)6(10)11/h1-2,5-6H. The van der Waals surface area contributed by atoms with Crippen LogP contribution in [-0.2, 0) is 0 Å². The van der Waals surface area contributed by atoms with E-state index in [1.165, 1.54) is 12.1 Å². The molecule has 0 aliphatic rings. The Morgan fingerprint density at radius 1 is 1.36 bits per heavy atom. The highest BCUT2D eigenvalue weighted by atomic mass is 79.9. The molecule has 80 valence electrons. The predicted molar refractivity (Wildman–Crippen MR) is 51.6 cm³/mol. The molecule has 0 spiro atoms. The molecule has 0 aliphatic carbocycles. The van der Waals surface area contributed by atoms with Crippen LogP contribution < -0.4 is 0 Å². The van der Waals surface area contributed by atoms with Gasteiger partial charge in [-0.2, -0.15) is 8.78 Å². The summed E-state index contributed by atoms with van der Waals surface area (Å²) in [6.45, 7) is 0. The average molecular weight is 312 g/mol. The first-order valence-corrected chi connectivity index (χ1v) is 5.45. The third kappa shape index (κ3) is 2.41. The van der Waals surface area contributed by atoms with Gasteiger partial charge in [0.1, 0.15) is 5.38 Å². The normalized spacial score (nSPS) is 14.8. The molecule has 14 heavy (non-hydrogen) atoms. The van der Waals surface area contributed by atoms with Gasteiger partial charge in [0.25, 0.3) is 0 Å². The van der Waals surface area contributed by atoms with Crippen molar-refractivity contribution in [3.8, 4) is 0 Å². The zero-order valence-corrected chi connectivity index (χ0v) is 9.64. The molecule has 0 N–H and O–H groups in total. The summed E-state index contributed by atoms with van der Waals surface area (Å²) in [4.78, 5) is 0.0174. The zero-order chi connectivity index (χ0) is 10.9. The van der Waals surface area contributed by atoms with Gasteiger partial charge in [0.05, 0.1) is 3.79 Å². The highest BCUT2D eigenvalue weighted by molar-refractivity contribution is 9.11. The van der Waals surface area contributed by atoms with Crippen LogP contribution in [0.3, 0.4) is 0 Å². The second kappa shape index (κ2) is 4.37. The Labute approximate surface area is 95.0 Å². The Morgan fingerprint density at radius 2 is 1.93 bits per heavy atom. The van der Waals surface area contributed by atoms with Gasteiger partial charge in [-0.25, -0.2) is 8.78 Å². The molecule has 1 atom stereocenters. The van der Waals surface area contributed by atoms with Crippen LogP contribution in [0.15, 0.2) is 15.9 Å². The number of thiophene rings is 1. The lowest BCUT2D eigenvalue weighted by Crippen LogP contribution is -2.31. The van der Waals surface area contributed by atoms with Gasteiger partial charge in [-0.3, -0.25) is 0 Å². The summed E-state index contributed by atoms with van der Waals surface area (Å²) in [5.41, 5.74) is 0. The highest BCUT2D eigenvalue weighted by Gasteiger charge is 2.49. The lowest BCUT2D eigenvalue weighted by atomic mass is 10.2. The highest BCUT2D eigenvalue weighted by Crippen LogP contribution is 2.44. The Morgan fingerprint density at radius 3 is 2.29 bits per heavy atom. The first kappa shape index (κ1) is 12.3. The van der Waals surface area contributed by atoms with Crippen molar-refractivity contribution in [3.63, 3.8) is 0 Å². The number of alkyl halides is 5. The van der Waals surface area contributed by atoms with Crippen LogP contribution in [0.5, 0.6) is 0 Å². The average Bonchev–Trinajstić information content (AvgIpc) is 2.50. The lowest BCUT2D eigenvalue weighted by Gasteiger charge is -2.19. The topological polar surface area (TPSA) is 0 Å². The van der Waals surface area contributed by atoms with E-state index in [1.807, 2.05) is 0 Å². The Hall–Kier alpha value is 0.190. The molecule has 0 nitrogen and oxygen atoms in total. The Bertz CT molecular complexity index is 314. The molecular weight excluding hydrogens is 307 g/mol. The molecule has 0 amide bonds. The molecular formula is C7H4BrClF4S. The van der Waals surface area contributed by atoms with Crippen LogP contribution in [0.4, 0.5) is 17.6 Å². The summed E-state index contributed by atoms with van der Waals surface area (Å²) in [5.74, 6) is -4.20. The van der Waals surface area contributed by atoms with Gasteiger partial charge in [0, 0.05) is 4.88 Å². The van der Waals surface area contributed by atoms with Crippen molar-refractivity contribution in [1.82, 2.24) is 0 Å². The molecule has 1 rings (SSSR count). The van der Waals surface area contributed by atoms with Crippen molar-refractivity contribution >= 4 is 38.9 Å². The molecule has 0 radical (unpaired) electrons. The molecule has 0 fully saturated rings. The fourth-order valence-corrected chi connectivity index (χ4v) is 2.52. The van der Waals surface area contributed by atoms with Crippen LogP contribution in [0.1, 0.15) is 10.3 Å². The van der Waals surface area contributed by atoms with Crippen molar-refractivity contribution < 1.29 is 17.6 Å². The van der Waals surface area contributed by atoms with Gasteiger partial charge in [-0.05, 0) is 28.1 Å². The Kier molecular flexibility index (Phi) is 3.82. The molecule has 0 saturated carbocycles. The van der Waals surface area contributed by atoms with E-state index in [9.17, 15) is 17.6 Å². The first-order chi connectivity index (χ1) is 6.35. The SMILES string of the molecule is FC(F)C(F)(F)C(Cl)c1ccc(Br)s1. The predicted octanol–water partition coefficient (Wildman–Crippen LogP) is 4.69. The van der Waals surface area contributed by atoms with Crippen LogP contribution in [0.25, 0.3) is 0 Å². The second-order valence-electron chi connectivity index (χ2n) is 2.48. The minimum absolute atomic E-state index is 0.0174. The largest absolute Gasteiger partial charge is 0.328 e. The number of hydrogen-bond acceptors (Lipinski definition) is 1. The number of halogens is 6. The van der Waals surface area contributed by atoms with Gasteiger partial charge in [-0.1, -0.05) is 0 Å². The van der Waals surface area contributed by atoms with Gasteiger partial charge in [0.2, 0.25) is 0 Å². The first-order valence-electron chi connectivity index (χ1n) is 3.41. The molecule has 1 heterocycles. The van der Waals surface area contributed by atoms with Gasteiger partial charge in [-0.15, -0.1) is 22.9 Å². The van der Waals surface area contributed by atoms with Gasteiger partial charge < -0.3 is 0 Å². The number of hydrogen-bond donors (Lipinski definition) is 0. The maximum atomic E-state index is 12.7. The van der Waals surface area contributed by atoms with Crippen molar-refractivity contribution in [2.45, 2.75) is 17.7 Å². The zero-order valence-electron chi connectivity index (χ0n) is 6.49. The lowest BCUT2D eigenvalue weighted by molar-refractivity contribution is -0.130. The second-order valence-corrected chi connectivity index (χ2v) is 5.41. The van der Waals surface area contributed by atoms with Crippen LogP contribution in [0.2, 0.25) is 0 Å². The molecule has 0 aromatic carbocycles. The van der Waals surface area contributed by atoms with Crippen molar-refractivity contribution in [1.29, 1.82) is 0 Å². The Balaban J connectivity index is 2.89. The minimum Gasteiger partial charge on any atom is -0.204 e. The van der Waals surface area contributed by atoms with E-state index in [0.717, 1.165) is 11.3 Å². The van der Waals surface area contributed by atoms with Gasteiger partial charge in [0.15, 0.2) is 0 Å². The van der Waals surface area contributed by atoms with E-state index in [0.29, 0.717) is 3.79 Å². The molecule has 0 bridgehead atoms. The van der Waals surface area contributed by atoms with E-state index < -0.39 is 17.7 Å². The maximum Gasteiger partial charge on any atom is 0.328 e. The van der Waals surface area contributed by atoms with Crippen molar-refractivity contribution in [3.05, 3.63) is 20.8 Å². The summed E-state index contributed by atoms with van der Waals surface area (Å²) in [7, 11) is 0. The van der Waals surface area contributed by atoms with Crippen molar-refractivity contribution in [2.75, 3.05) is 0 Å². The van der Waals surface area contributed by atoms with Gasteiger partial charge >= 0.3 is 12.3 Å². The van der Waals surface area contributed by atoms with Crippen LogP contribution in [0, 0.1) is 0 Å². The molecule has 0 saturated heterocycles. The van der Waals surface area contributed by atoms with E-state index in [4.69, 9.17) is 11.6 Å². The van der Waals surface area contributed by atoms with E-state index in [2.05, 4.69) is 15.9 Å². The summed E-state index contributed by atoms with van der Waals surface area (Å²) in [6, 6.07) is 2.78. The van der Waals surface area contributed by atoms with Crippen LogP contribution >= 0.6 is 38.9 Å². The van der Waals surface area contributed by atoms with E-state index in [-0.39, 0.29) is 4.88 Å². The fourth-order valence-electron chi connectivity index (χ4n) is 0.765.